The Balaban J connectivity index is 2.03. The van der Waals surface area contributed by atoms with Gasteiger partial charge < -0.3 is 0 Å². The maximum absolute atomic E-state index is 11.1. The van der Waals surface area contributed by atoms with Crippen LogP contribution in [0, 0.1) is 0 Å². The smallest absolute Gasteiger partial charge is 0.161 e. The van der Waals surface area contributed by atoms with Crippen molar-refractivity contribution in [2.24, 2.45) is 0 Å². The second-order valence-corrected chi connectivity index (χ2v) is 4.07. The number of allylic oxidation sites excluding steroid dienone is 1. The molecule has 1 aromatic heterocycles. The SMILES string of the molecule is C=CC(=O)Cc1ccn(C2CCCC2)n1. The maximum atomic E-state index is 11.1. The van der Waals surface area contributed by atoms with Gasteiger partial charge in [-0.05, 0) is 25.0 Å². The molecule has 1 saturated carbocycles. The summed E-state index contributed by atoms with van der Waals surface area (Å²) in [5.74, 6) is 0.0340. The fourth-order valence-electron chi connectivity index (χ4n) is 2.09. The molecule has 1 aliphatic carbocycles. The van der Waals surface area contributed by atoms with E-state index in [0.29, 0.717) is 12.5 Å². The van der Waals surface area contributed by atoms with E-state index in [4.69, 9.17) is 0 Å². The van der Waals surface area contributed by atoms with Crippen LogP contribution in [0.3, 0.4) is 0 Å². The summed E-state index contributed by atoms with van der Waals surface area (Å²) in [6.45, 7) is 3.46. The number of nitrogens with zero attached hydrogens (tertiary/aromatic N) is 2. The molecule has 3 nitrogen and oxygen atoms in total. The Morgan fingerprint density at radius 3 is 3.00 bits per heavy atom. The van der Waals surface area contributed by atoms with E-state index in [1.54, 1.807) is 0 Å². The lowest BCUT2D eigenvalue weighted by molar-refractivity contribution is -0.114. The highest BCUT2D eigenvalue weighted by Gasteiger charge is 2.17. The zero-order chi connectivity index (χ0) is 10.7. The van der Waals surface area contributed by atoms with Gasteiger partial charge in [0.15, 0.2) is 5.78 Å². The van der Waals surface area contributed by atoms with Gasteiger partial charge in [0.2, 0.25) is 0 Å². The minimum Gasteiger partial charge on any atom is -0.294 e. The third kappa shape index (κ3) is 2.35. The van der Waals surface area contributed by atoms with Crippen LogP contribution in [0.15, 0.2) is 24.9 Å². The summed E-state index contributed by atoms with van der Waals surface area (Å²) in [7, 11) is 0. The number of hydrogen-bond acceptors (Lipinski definition) is 2. The van der Waals surface area contributed by atoms with Crippen molar-refractivity contribution in [2.75, 3.05) is 0 Å². The molecule has 80 valence electrons. The largest absolute Gasteiger partial charge is 0.294 e. The number of carbonyl (C=O) groups excluding carboxylic acids is 1. The second kappa shape index (κ2) is 4.43. The molecule has 0 atom stereocenters. The van der Waals surface area contributed by atoms with Crippen LogP contribution < -0.4 is 0 Å². The molecule has 0 spiro atoms. The van der Waals surface area contributed by atoms with Crippen molar-refractivity contribution >= 4 is 5.78 Å². The minimum atomic E-state index is 0.0340. The number of ketones is 1. The predicted molar refractivity (Wildman–Crippen MR) is 58.6 cm³/mol. The first-order valence-electron chi connectivity index (χ1n) is 5.49. The Labute approximate surface area is 89.8 Å². The third-order valence-corrected chi connectivity index (χ3v) is 2.95. The van der Waals surface area contributed by atoms with Gasteiger partial charge in [-0.25, -0.2) is 0 Å². The number of carbonyl (C=O) groups is 1. The van der Waals surface area contributed by atoms with E-state index < -0.39 is 0 Å². The minimum absolute atomic E-state index is 0.0340. The Kier molecular flexibility index (Phi) is 2.99. The molecule has 3 heteroatoms. The molecule has 0 radical (unpaired) electrons. The molecule has 0 amide bonds. The molecule has 1 aliphatic rings. The quantitative estimate of drug-likeness (QED) is 0.705. The summed E-state index contributed by atoms with van der Waals surface area (Å²) in [6.07, 6.45) is 8.75. The summed E-state index contributed by atoms with van der Waals surface area (Å²) in [6, 6.07) is 2.48. The highest BCUT2D eigenvalue weighted by Crippen LogP contribution is 2.28. The van der Waals surface area contributed by atoms with Gasteiger partial charge in [0.25, 0.3) is 0 Å². The lowest BCUT2D eigenvalue weighted by atomic mass is 10.2. The van der Waals surface area contributed by atoms with Gasteiger partial charge >= 0.3 is 0 Å². The second-order valence-electron chi connectivity index (χ2n) is 4.07. The van der Waals surface area contributed by atoms with E-state index in [1.165, 1.54) is 31.8 Å². The van der Waals surface area contributed by atoms with Crippen LogP contribution in [-0.4, -0.2) is 15.6 Å². The van der Waals surface area contributed by atoms with Gasteiger partial charge in [-0.15, -0.1) is 0 Å². The molecule has 0 aromatic carbocycles. The highest BCUT2D eigenvalue weighted by molar-refractivity contribution is 5.90. The molecule has 15 heavy (non-hydrogen) atoms. The summed E-state index contributed by atoms with van der Waals surface area (Å²) < 4.78 is 2.01. The first kappa shape index (κ1) is 10.1. The summed E-state index contributed by atoms with van der Waals surface area (Å²) in [5.41, 5.74) is 0.854. The topological polar surface area (TPSA) is 34.9 Å². The van der Waals surface area contributed by atoms with Gasteiger partial charge in [-0.1, -0.05) is 19.4 Å². The molecular weight excluding hydrogens is 188 g/mol. The molecule has 1 heterocycles. The molecule has 1 aromatic rings. The van der Waals surface area contributed by atoms with Crippen molar-refractivity contribution in [3.8, 4) is 0 Å². The van der Waals surface area contributed by atoms with Crippen LogP contribution in [0.5, 0.6) is 0 Å². The highest BCUT2D eigenvalue weighted by atomic mass is 16.1. The van der Waals surface area contributed by atoms with Crippen LogP contribution in [0.25, 0.3) is 0 Å². The van der Waals surface area contributed by atoms with Crippen LogP contribution in [0.4, 0.5) is 0 Å². The van der Waals surface area contributed by atoms with Gasteiger partial charge in [-0.2, -0.15) is 5.10 Å². The average Bonchev–Trinajstić information content (AvgIpc) is 2.85. The van der Waals surface area contributed by atoms with Gasteiger partial charge in [0, 0.05) is 6.20 Å². The van der Waals surface area contributed by atoms with Crippen molar-refractivity contribution in [3.63, 3.8) is 0 Å². The van der Waals surface area contributed by atoms with E-state index in [2.05, 4.69) is 11.7 Å². The van der Waals surface area contributed by atoms with E-state index in [9.17, 15) is 4.79 Å². The fraction of sp³-hybridized carbons (Fsp3) is 0.500. The predicted octanol–water partition coefficient (Wildman–Crippen LogP) is 2.30. The first-order chi connectivity index (χ1) is 7.29. The zero-order valence-electron chi connectivity index (χ0n) is 8.85. The molecular formula is C12H16N2O. The van der Waals surface area contributed by atoms with E-state index >= 15 is 0 Å². The molecule has 0 bridgehead atoms. The zero-order valence-corrected chi connectivity index (χ0v) is 8.85. The van der Waals surface area contributed by atoms with E-state index in [1.807, 2.05) is 16.9 Å². The number of hydrogen-bond donors (Lipinski definition) is 0. The summed E-state index contributed by atoms with van der Waals surface area (Å²) in [5, 5.41) is 4.43. The Hall–Kier alpha value is -1.38. The number of rotatable bonds is 4. The van der Waals surface area contributed by atoms with E-state index in [-0.39, 0.29) is 5.78 Å². The fourth-order valence-corrected chi connectivity index (χ4v) is 2.09. The van der Waals surface area contributed by atoms with Gasteiger partial charge in [0.1, 0.15) is 0 Å². The van der Waals surface area contributed by atoms with Crippen molar-refractivity contribution < 1.29 is 4.79 Å². The van der Waals surface area contributed by atoms with Crippen LogP contribution in [0.1, 0.15) is 37.4 Å². The lowest BCUT2D eigenvalue weighted by Gasteiger charge is -2.08. The average molecular weight is 204 g/mol. The van der Waals surface area contributed by atoms with Crippen molar-refractivity contribution in [1.29, 1.82) is 0 Å². The molecule has 0 aliphatic heterocycles. The van der Waals surface area contributed by atoms with Crippen molar-refractivity contribution in [3.05, 3.63) is 30.6 Å². The van der Waals surface area contributed by atoms with Gasteiger partial charge in [0.05, 0.1) is 18.2 Å². The monoisotopic (exact) mass is 204 g/mol. The number of aromatic nitrogens is 2. The third-order valence-electron chi connectivity index (χ3n) is 2.95. The van der Waals surface area contributed by atoms with Crippen LogP contribution in [-0.2, 0) is 11.2 Å². The molecule has 0 saturated heterocycles. The Morgan fingerprint density at radius 1 is 1.60 bits per heavy atom. The molecule has 0 N–H and O–H groups in total. The van der Waals surface area contributed by atoms with Crippen LogP contribution in [0.2, 0.25) is 0 Å². The molecule has 1 fully saturated rings. The standard InChI is InChI=1S/C12H16N2O/c1-2-12(15)9-10-7-8-14(13-10)11-5-3-4-6-11/h2,7-8,11H,1,3-6,9H2. The van der Waals surface area contributed by atoms with Crippen molar-refractivity contribution in [2.45, 2.75) is 38.1 Å². The summed E-state index contributed by atoms with van der Waals surface area (Å²) in [4.78, 5) is 11.1. The Morgan fingerprint density at radius 2 is 2.33 bits per heavy atom. The van der Waals surface area contributed by atoms with Gasteiger partial charge in [-0.3, -0.25) is 9.48 Å². The van der Waals surface area contributed by atoms with E-state index in [0.717, 1.165) is 5.69 Å². The summed E-state index contributed by atoms with van der Waals surface area (Å²) >= 11 is 0. The normalized spacial score (nSPS) is 16.8. The van der Waals surface area contributed by atoms with Crippen LogP contribution >= 0.6 is 0 Å². The van der Waals surface area contributed by atoms with Crippen molar-refractivity contribution in [1.82, 2.24) is 9.78 Å². The Bertz CT molecular complexity index is 361. The molecule has 2 rings (SSSR count). The molecule has 0 unspecified atom stereocenters. The lowest BCUT2D eigenvalue weighted by Crippen LogP contribution is -2.06. The first-order valence-corrected chi connectivity index (χ1v) is 5.49. The maximum Gasteiger partial charge on any atom is 0.161 e.